The number of rotatable bonds is 1. The molecule has 0 aliphatic carbocycles. The van der Waals surface area contributed by atoms with Crippen LogP contribution in [0.2, 0.25) is 5.15 Å². The summed E-state index contributed by atoms with van der Waals surface area (Å²) in [7, 11) is 0. The minimum absolute atomic E-state index is 0.123. The van der Waals surface area contributed by atoms with Crippen LogP contribution >= 0.6 is 11.6 Å². The highest BCUT2D eigenvalue weighted by Gasteiger charge is 2.37. The molecule has 0 aliphatic rings. The van der Waals surface area contributed by atoms with Crippen LogP contribution in [-0.4, -0.2) is 9.78 Å². The Kier molecular flexibility index (Phi) is 3.25. The van der Waals surface area contributed by atoms with Crippen LogP contribution in [0.4, 0.5) is 13.2 Å². The molecular formula is C12H7ClF3N3. The second-order valence-corrected chi connectivity index (χ2v) is 4.19. The molecule has 0 saturated carbocycles. The first-order valence-electron chi connectivity index (χ1n) is 5.17. The lowest BCUT2D eigenvalue weighted by Crippen LogP contribution is -2.08. The number of alkyl halides is 3. The summed E-state index contributed by atoms with van der Waals surface area (Å²) in [6, 6.07) is 7.93. The van der Waals surface area contributed by atoms with Crippen LogP contribution in [0.1, 0.15) is 16.8 Å². The lowest BCUT2D eigenvalue weighted by molar-refractivity contribution is -0.141. The average molecular weight is 286 g/mol. The number of aromatic nitrogens is 2. The van der Waals surface area contributed by atoms with E-state index < -0.39 is 11.9 Å². The van der Waals surface area contributed by atoms with Gasteiger partial charge in [0.1, 0.15) is 5.15 Å². The largest absolute Gasteiger partial charge is 0.435 e. The second kappa shape index (κ2) is 4.59. The van der Waals surface area contributed by atoms with Crippen molar-refractivity contribution in [1.82, 2.24) is 9.78 Å². The molecule has 1 aromatic heterocycles. The van der Waals surface area contributed by atoms with E-state index in [9.17, 15) is 13.2 Å². The van der Waals surface area contributed by atoms with Gasteiger partial charge in [0.15, 0.2) is 5.69 Å². The Morgan fingerprint density at radius 3 is 2.58 bits per heavy atom. The number of benzene rings is 1. The second-order valence-electron chi connectivity index (χ2n) is 3.84. The fraction of sp³-hybridized carbons (Fsp3) is 0.167. The zero-order valence-electron chi connectivity index (χ0n) is 9.66. The molecule has 0 unspecified atom stereocenters. The van der Waals surface area contributed by atoms with Gasteiger partial charge >= 0.3 is 6.18 Å². The Labute approximate surface area is 111 Å². The van der Waals surface area contributed by atoms with E-state index in [0.717, 1.165) is 4.68 Å². The molecule has 0 saturated heterocycles. The van der Waals surface area contributed by atoms with Crippen molar-refractivity contribution in [1.29, 1.82) is 5.26 Å². The molecule has 1 heterocycles. The predicted molar refractivity (Wildman–Crippen MR) is 63.0 cm³/mol. The molecule has 2 rings (SSSR count). The Hall–Kier alpha value is -2.00. The van der Waals surface area contributed by atoms with Gasteiger partial charge in [0, 0.05) is 5.56 Å². The van der Waals surface area contributed by atoms with Crippen LogP contribution in [0.5, 0.6) is 0 Å². The first kappa shape index (κ1) is 13.4. The van der Waals surface area contributed by atoms with Crippen molar-refractivity contribution < 1.29 is 13.2 Å². The van der Waals surface area contributed by atoms with Gasteiger partial charge in [-0.05, 0) is 25.1 Å². The van der Waals surface area contributed by atoms with Gasteiger partial charge in [-0.3, -0.25) is 0 Å². The monoisotopic (exact) mass is 285 g/mol. The molecule has 2 aromatic rings. The van der Waals surface area contributed by atoms with Gasteiger partial charge in [-0.2, -0.15) is 23.5 Å². The van der Waals surface area contributed by atoms with Crippen LogP contribution in [0, 0.1) is 18.3 Å². The molecule has 1 aromatic carbocycles. The fourth-order valence-corrected chi connectivity index (χ4v) is 1.85. The zero-order chi connectivity index (χ0) is 14.2. The van der Waals surface area contributed by atoms with E-state index in [1.807, 2.05) is 6.07 Å². The number of nitriles is 1. The molecule has 0 bridgehead atoms. The maximum absolute atomic E-state index is 12.7. The Morgan fingerprint density at radius 2 is 2.05 bits per heavy atom. The lowest BCUT2D eigenvalue weighted by atomic mass is 10.2. The molecule has 0 aliphatic heterocycles. The van der Waals surface area contributed by atoms with E-state index in [-0.39, 0.29) is 10.7 Å². The van der Waals surface area contributed by atoms with Crippen LogP contribution in [0.3, 0.4) is 0 Å². The molecule has 0 amide bonds. The molecule has 0 N–H and O–H groups in total. The van der Waals surface area contributed by atoms with Gasteiger partial charge in [0.05, 0.1) is 17.3 Å². The van der Waals surface area contributed by atoms with Crippen molar-refractivity contribution in [3.63, 3.8) is 0 Å². The molecule has 0 fully saturated rings. The van der Waals surface area contributed by atoms with Gasteiger partial charge < -0.3 is 0 Å². The number of hydrogen-bond donors (Lipinski definition) is 0. The normalized spacial score (nSPS) is 11.4. The summed E-state index contributed by atoms with van der Waals surface area (Å²) in [6.45, 7) is 1.25. The third-order valence-electron chi connectivity index (χ3n) is 2.54. The lowest BCUT2D eigenvalue weighted by Gasteiger charge is -2.03. The Bertz CT molecular complexity index is 668. The van der Waals surface area contributed by atoms with E-state index in [1.165, 1.54) is 19.1 Å². The SMILES string of the molecule is Cc1c(C(F)(F)F)nn(-c2cccc(C#N)c2)c1Cl. The van der Waals surface area contributed by atoms with Gasteiger partial charge in [-0.25, -0.2) is 4.68 Å². The molecule has 3 nitrogen and oxygen atoms in total. The van der Waals surface area contributed by atoms with E-state index in [1.54, 1.807) is 12.1 Å². The van der Waals surface area contributed by atoms with Gasteiger partial charge in [-0.15, -0.1) is 0 Å². The quantitative estimate of drug-likeness (QED) is 0.801. The first-order valence-corrected chi connectivity index (χ1v) is 5.55. The number of nitrogens with zero attached hydrogens (tertiary/aromatic N) is 3. The highest BCUT2D eigenvalue weighted by molar-refractivity contribution is 6.30. The average Bonchev–Trinajstić information content (AvgIpc) is 2.66. The third-order valence-corrected chi connectivity index (χ3v) is 2.98. The van der Waals surface area contributed by atoms with Crippen molar-refractivity contribution in [2.75, 3.05) is 0 Å². The van der Waals surface area contributed by atoms with Crippen LogP contribution < -0.4 is 0 Å². The maximum Gasteiger partial charge on any atom is 0.435 e. The Morgan fingerprint density at radius 1 is 1.37 bits per heavy atom. The summed E-state index contributed by atoms with van der Waals surface area (Å²) in [6.07, 6.45) is -4.56. The summed E-state index contributed by atoms with van der Waals surface area (Å²) in [4.78, 5) is 0. The molecular weight excluding hydrogens is 279 g/mol. The Balaban J connectivity index is 2.61. The van der Waals surface area contributed by atoms with E-state index in [4.69, 9.17) is 16.9 Å². The molecule has 0 spiro atoms. The van der Waals surface area contributed by atoms with Crippen molar-refractivity contribution in [2.24, 2.45) is 0 Å². The van der Waals surface area contributed by atoms with E-state index in [0.29, 0.717) is 11.3 Å². The molecule has 98 valence electrons. The summed E-state index contributed by atoms with van der Waals surface area (Å²) < 4.78 is 39.1. The molecule has 19 heavy (non-hydrogen) atoms. The van der Waals surface area contributed by atoms with Crippen LogP contribution in [-0.2, 0) is 6.18 Å². The standard InChI is InChI=1S/C12H7ClF3N3/c1-7-10(12(14,15)16)18-19(11(7)13)9-4-2-3-8(5-9)6-17/h2-5H,1H3. The van der Waals surface area contributed by atoms with Crippen molar-refractivity contribution in [3.8, 4) is 11.8 Å². The van der Waals surface area contributed by atoms with Gasteiger partial charge in [-0.1, -0.05) is 17.7 Å². The minimum Gasteiger partial charge on any atom is -0.221 e. The molecule has 7 heteroatoms. The maximum atomic E-state index is 12.7. The van der Waals surface area contributed by atoms with Crippen LogP contribution in [0.15, 0.2) is 24.3 Å². The predicted octanol–water partition coefficient (Wildman–Crippen LogP) is 3.72. The number of hydrogen-bond acceptors (Lipinski definition) is 2. The summed E-state index contributed by atoms with van der Waals surface area (Å²) >= 11 is 5.87. The van der Waals surface area contributed by atoms with Crippen molar-refractivity contribution >= 4 is 11.6 Å². The van der Waals surface area contributed by atoms with Gasteiger partial charge in [0.2, 0.25) is 0 Å². The summed E-state index contributed by atoms with van der Waals surface area (Å²) in [5.41, 5.74) is -0.547. The summed E-state index contributed by atoms with van der Waals surface area (Å²) in [5, 5.41) is 12.1. The highest BCUT2D eigenvalue weighted by Crippen LogP contribution is 2.34. The molecule has 0 radical (unpaired) electrons. The first-order chi connectivity index (χ1) is 8.84. The van der Waals surface area contributed by atoms with Crippen molar-refractivity contribution in [3.05, 3.63) is 46.2 Å². The van der Waals surface area contributed by atoms with E-state index >= 15 is 0 Å². The van der Waals surface area contributed by atoms with Crippen molar-refractivity contribution in [2.45, 2.75) is 13.1 Å². The van der Waals surface area contributed by atoms with Gasteiger partial charge in [0.25, 0.3) is 0 Å². The topological polar surface area (TPSA) is 41.6 Å². The fourth-order valence-electron chi connectivity index (χ4n) is 1.62. The highest BCUT2D eigenvalue weighted by atomic mass is 35.5. The van der Waals surface area contributed by atoms with E-state index in [2.05, 4.69) is 5.10 Å². The minimum atomic E-state index is -4.56. The summed E-state index contributed by atoms with van der Waals surface area (Å²) in [5.74, 6) is 0. The van der Waals surface area contributed by atoms with Crippen LogP contribution in [0.25, 0.3) is 5.69 Å². The molecule has 0 atom stereocenters. The smallest absolute Gasteiger partial charge is 0.221 e. The number of halogens is 4. The third kappa shape index (κ3) is 2.42. The zero-order valence-corrected chi connectivity index (χ0v) is 10.4.